The molecule has 0 aliphatic heterocycles. The minimum absolute atomic E-state index is 0.226. The Kier molecular flexibility index (Phi) is 3.51. The Bertz CT molecular complexity index is 784. The summed E-state index contributed by atoms with van der Waals surface area (Å²) < 4.78 is 0. The van der Waals surface area contributed by atoms with E-state index < -0.39 is 0 Å². The molecule has 0 fully saturated rings. The van der Waals surface area contributed by atoms with E-state index in [1.807, 2.05) is 54.6 Å². The van der Waals surface area contributed by atoms with Crippen molar-refractivity contribution in [3.05, 3.63) is 71.9 Å². The third-order valence-corrected chi connectivity index (χ3v) is 3.30. The van der Waals surface area contributed by atoms with Gasteiger partial charge in [0.1, 0.15) is 11.5 Å². The summed E-state index contributed by atoms with van der Waals surface area (Å²) in [5, 5.41) is 4.62. The van der Waals surface area contributed by atoms with Crippen LogP contribution in [0.2, 0.25) is 0 Å². The minimum atomic E-state index is -0.226. The molecule has 4 nitrogen and oxygen atoms in total. The van der Waals surface area contributed by atoms with Gasteiger partial charge in [0.15, 0.2) is 0 Å². The summed E-state index contributed by atoms with van der Waals surface area (Å²) in [5.41, 5.74) is 7.29. The van der Waals surface area contributed by atoms with Gasteiger partial charge in [-0.2, -0.15) is 0 Å². The number of nitrogens with one attached hydrogen (secondary N) is 1. The highest BCUT2D eigenvalue weighted by Gasteiger charge is 2.10. The van der Waals surface area contributed by atoms with Crippen molar-refractivity contribution in [2.24, 2.45) is 0 Å². The number of fused-ring (bicyclic) bond motifs is 1. The lowest BCUT2D eigenvalue weighted by atomic mass is 10.1. The molecule has 2 aromatic carbocycles. The molecule has 1 heterocycles. The molecule has 3 rings (SSSR count). The fourth-order valence-corrected chi connectivity index (χ4v) is 2.21. The zero-order valence-electron chi connectivity index (χ0n) is 11.4. The third kappa shape index (κ3) is 2.84. The first kappa shape index (κ1) is 13.1. The van der Waals surface area contributed by atoms with Crippen molar-refractivity contribution in [3.63, 3.8) is 0 Å². The minimum Gasteiger partial charge on any atom is -0.383 e. The molecule has 0 unspecified atom stereocenters. The standard InChI is InChI=1S/C17H15N3O/c18-16-14-9-5-4-8-13(14)10-15(20-16)17(21)19-11-12-6-2-1-3-7-12/h1-10H,11H2,(H2,18,20)(H,19,21). The van der Waals surface area contributed by atoms with Gasteiger partial charge in [0.05, 0.1) is 0 Å². The Morgan fingerprint density at radius 2 is 1.76 bits per heavy atom. The first-order valence-corrected chi connectivity index (χ1v) is 6.71. The van der Waals surface area contributed by atoms with Crippen LogP contribution in [0.4, 0.5) is 5.82 Å². The van der Waals surface area contributed by atoms with E-state index in [0.29, 0.717) is 18.1 Å². The number of nitrogens with zero attached hydrogens (tertiary/aromatic N) is 1. The molecule has 0 aliphatic carbocycles. The number of nitrogens with two attached hydrogens (primary N) is 1. The van der Waals surface area contributed by atoms with Gasteiger partial charge in [-0.05, 0) is 17.0 Å². The summed E-state index contributed by atoms with van der Waals surface area (Å²) in [6.07, 6.45) is 0. The molecular weight excluding hydrogens is 262 g/mol. The Morgan fingerprint density at radius 3 is 2.57 bits per heavy atom. The molecule has 104 valence electrons. The van der Waals surface area contributed by atoms with Crippen molar-refractivity contribution in [2.75, 3.05) is 5.73 Å². The lowest BCUT2D eigenvalue weighted by Gasteiger charge is -2.07. The van der Waals surface area contributed by atoms with Crippen molar-refractivity contribution < 1.29 is 4.79 Å². The first-order chi connectivity index (χ1) is 10.2. The van der Waals surface area contributed by atoms with Gasteiger partial charge < -0.3 is 11.1 Å². The molecule has 4 heteroatoms. The average Bonchev–Trinajstić information content (AvgIpc) is 2.53. The third-order valence-electron chi connectivity index (χ3n) is 3.30. The zero-order chi connectivity index (χ0) is 14.7. The number of benzene rings is 2. The second-order valence-electron chi connectivity index (χ2n) is 4.78. The Morgan fingerprint density at radius 1 is 1.05 bits per heavy atom. The normalized spacial score (nSPS) is 10.5. The number of nitrogen functional groups attached to an aromatic ring is 1. The van der Waals surface area contributed by atoms with Crippen LogP contribution in [-0.4, -0.2) is 10.9 Å². The van der Waals surface area contributed by atoms with E-state index in [2.05, 4.69) is 10.3 Å². The average molecular weight is 277 g/mol. The maximum absolute atomic E-state index is 12.2. The second kappa shape index (κ2) is 5.63. The van der Waals surface area contributed by atoms with Gasteiger partial charge in [0.2, 0.25) is 0 Å². The van der Waals surface area contributed by atoms with Gasteiger partial charge in [-0.15, -0.1) is 0 Å². The smallest absolute Gasteiger partial charge is 0.270 e. The van der Waals surface area contributed by atoms with E-state index in [-0.39, 0.29) is 5.91 Å². The molecule has 0 saturated heterocycles. The number of carbonyl (C=O) groups is 1. The Hall–Kier alpha value is -2.88. The molecule has 0 saturated carbocycles. The topological polar surface area (TPSA) is 68.0 Å². The fourth-order valence-electron chi connectivity index (χ4n) is 2.21. The first-order valence-electron chi connectivity index (χ1n) is 6.71. The molecule has 0 spiro atoms. The summed E-state index contributed by atoms with van der Waals surface area (Å²) in [5.74, 6) is 0.147. The number of carbonyl (C=O) groups excluding carboxylic acids is 1. The lowest BCUT2D eigenvalue weighted by Crippen LogP contribution is -2.24. The second-order valence-corrected chi connectivity index (χ2v) is 4.78. The van der Waals surface area contributed by atoms with Gasteiger partial charge in [-0.1, -0.05) is 54.6 Å². The van der Waals surface area contributed by atoms with Crippen molar-refractivity contribution in [1.29, 1.82) is 0 Å². The van der Waals surface area contributed by atoms with Crippen LogP contribution in [0.25, 0.3) is 10.8 Å². The predicted molar refractivity (Wildman–Crippen MR) is 83.8 cm³/mol. The molecule has 0 aliphatic rings. The Balaban J connectivity index is 1.81. The summed E-state index contributed by atoms with van der Waals surface area (Å²) in [6, 6.07) is 19.1. The van der Waals surface area contributed by atoms with Crippen LogP contribution >= 0.6 is 0 Å². The number of pyridine rings is 1. The van der Waals surface area contributed by atoms with E-state index in [9.17, 15) is 4.79 Å². The fraction of sp³-hybridized carbons (Fsp3) is 0.0588. The molecule has 21 heavy (non-hydrogen) atoms. The van der Waals surface area contributed by atoms with Gasteiger partial charge in [-0.3, -0.25) is 4.79 Å². The Labute approximate surface area is 122 Å². The van der Waals surface area contributed by atoms with Gasteiger partial charge in [-0.25, -0.2) is 4.98 Å². The summed E-state index contributed by atoms with van der Waals surface area (Å²) in [6.45, 7) is 0.466. The number of hydrogen-bond donors (Lipinski definition) is 2. The molecular formula is C17H15N3O. The van der Waals surface area contributed by atoms with Gasteiger partial charge in [0, 0.05) is 11.9 Å². The number of anilines is 1. The van der Waals surface area contributed by atoms with Crippen LogP contribution < -0.4 is 11.1 Å². The van der Waals surface area contributed by atoms with Crippen LogP contribution in [0, 0.1) is 0 Å². The highest BCUT2D eigenvalue weighted by Crippen LogP contribution is 2.19. The highest BCUT2D eigenvalue weighted by molar-refractivity contribution is 5.99. The van der Waals surface area contributed by atoms with Crippen LogP contribution in [0.5, 0.6) is 0 Å². The van der Waals surface area contributed by atoms with Crippen LogP contribution in [-0.2, 0) is 6.54 Å². The maximum Gasteiger partial charge on any atom is 0.270 e. The van der Waals surface area contributed by atoms with E-state index in [1.165, 1.54) is 0 Å². The van der Waals surface area contributed by atoms with Gasteiger partial charge in [0.25, 0.3) is 5.91 Å². The van der Waals surface area contributed by atoms with E-state index in [4.69, 9.17) is 5.73 Å². The predicted octanol–water partition coefficient (Wildman–Crippen LogP) is 2.75. The number of hydrogen-bond acceptors (Lipinski definition) is 3. The number of rotatable bonds is 3. The molecule has 3 N–H and O–H groups in total. The van der Waals surface area contributed by atoms with Crippen molar-refractivity contribution in [2.45, 2.75) is 6.54 Å². The quantitative estimate of drug-likeness (QED) is 0.773. The van der Waals surface area contributed by atoms with E-state index in [1.54, 1.807) is 6.07 Å². The molecule has 1 amide bonds. The largest absolute Gasteiger partial charge is 0.383 e. The van der Waals surface area contributed by atoms with Crippen LogP contribution in [0.15, 0.2) is 60.7 Å². The van der Waals surface area contributed by atoms with Crippen LogP contribution in [0.1, 0.15) is 16.1 Å². The lowest BCUT2D eigenvalue weighted by molar-refractivity contribution is 0.0946. The summed E-state index contributed by atoms with van der Waals surface area (Å²) in [4.78, 5) is 16.4. The molecule has 0 bridgehead atoms. The SMILES string of the molecule is Nc1nc(C(=O)NCc2ccccc2)cc2ccccc12. The number of aromatic nitrogens is 1. The monoisotopic (exact) mass is 277 g/mol. The molecule has 0 atom stereocenters. The summed E-state index contributed by atoms with van der Waals surface area (Å²) >= 11 is 0. The van der Waals surface area contributed by atoms with Crippen LogP contribution in [0.3, 0.4) is 0 Å². The van der Waals surface area contributed by atoms with Crippen molar-refractivity contribution >= 4 is 22.5 Å². The highest BCUT2D eigenvalue weighted by atomic mass is 16.1. The van der Waals surface area contributed by atoms with Crippen molar-refractivity contribution in [1.82, 2.24) is 10.3 Å². The van der Waals surface area contributed by atoms with E-state index >= 15 is 0 Å². The van der Waals surface area contributed by atoms with Crippen molar-refractivity contribution in [3.8, 4) is 0 Å². The molecule has 1 aromatic heterocycles. The van der Waals surface area contributed by atoms with E-state index in [0.717, 1.165) is 16.3 Å². The zero-order valence-corrected chi connectivity index (χ0v) is 11.4. The number of amides is 1. The molecule has 0 radical (unpaired) electrons. The summed E-state index contributed by atoms with van der Waals surface area (Å²) in [7, 11) is 0. The maximum atomic E-state index is 12.2. The van der Waals surface area contributed by atoms with Gasteiger partial charge >= 0.3 is 0 Å². The molecule has 3 aromatic rings.